The van der Waals surface area contributed by atoms with E-state index in [1.165, 1.54) is 19.1 Å². The van der Waals surface area contributed by atoms with Crippen molar-refractivity contribution in [3.05, 3.63) is 35.6 Å². The first kappa shape index (κ1) is 13.1. The predicted molar refractivity (Wildman–Crippen MR) is 68.6 cm³/mol. The standard InChI is InChI=1S/C15H18F2O/c1-2-3-4-5-6-7-11-10-12-8-9-18-15(12)14(17)13(11)16/h8-10H,2-7H2,1H3. The zero-order valence-corrected chi connectivity index (χ0v) is 10.6. The van der Waals surface area contributed by atoms with Crippen molar-refractivity contribution in [2.75, 3.05) is 0 Å². The second kappa shape index (κ2) is 5.98. The third-order valence-electron chi connectivity index (χ3n) is 3.25. The van der Waals surface area contributed by atoms with Crippen molar-refractivity contribution in [2.24, 2.45) is 0 Å². The fraction of sp³-hybridized carbons (Fsp3) is 0.467. The molecule has 0 saturated heterocycles. The molecule has 1 nitrogen and oxygen atoms in total. The summed E-state index contributed by atoms with van der Waals surface area (Å²) in [5.41, 5.74) is 0.472. The van der Waals surface area contributed by atoms with Gasteiger partial charge in [0, 0.05) is 5.39 Å². The largest absolute Gasteiger partial charge is 0.461 e. The summed E-state index contributed by atoms with van der Waals surface area (Å²) in [6.07, 6.45) is 7.50. The molecule has 0 saturated carbocycles. The van der Waals surface area contributed by atoms with Crippen LogP contribution in [-0.2, 0) is 6.42 Å². The number of benzene rings is 1. The van der Waals surface area contributed by atoms with Crippen molar-refractivity contribution in [2.45, 2.75) is 45.4 Å². The zero-order chi connectivity index (χ0) is 13.0. The van der Waals surface area contributed by atoms with E-state index in [1.54, 1.807) is 12.1 Å². The zero-order valence-electron chi connectivity index (χ0n) is 10.6. The first-order chi connectivity index (χ1) is 8.74. The second-order valence-corrected chi connectivity index (χ2v) is 4.67. The number of halogens is 2. The van der Waals surface area contributed by atoms with Crippen LogP contribution < -0.4 is 0 Å². The highest BCUT2D eigenvalue weighted by Gasteiger charge is 2.15. The highest BCUT2D eigenvalue weighted by Crippen LogP contribution is 2.25. The Morgan fingerprint density at radius 1 is 1.06 bits per heavy atom. The number of rotatable bonds is 6. The smallest absolute Gasteiger partial charge is 0.202 e. The van der Waals surface area contributed by atoms with E-state index < -0.39 is 11.6 Å². The minimum absolute atomic E-state index is 0.0160. The summed E-state index contributed by atoms with van der Waals surface area (Å²) in [7, 11) is 0. The molecule has 98 valence electrons. The molecule has 0 aliphatic carbocycles. The van der Waals surface area contributed by atoms with E-state index in [0.717, 1.165) is 19.3 Å². The minimum Gasteiger partial charge on any atom is -0.461 e. The Bertz CT molecular complexity index is 516. The van der Waals surface area contributed by atoms with Crippen LogP contribution in [0.25, 0.3) is 11.0 Å². The van der Waals surface area contributed by atoms with E-state index in [4.69, 9.17) is 4.42 Å². The maximum absolute atomic E-state index is 13.7. The molecule has 0 N–H and O–H groups in total. The molecule has 0 aliphatic heterocycles. The van der Waals surface area contributed by atoms with Crippen LogP contribution in [0, 0.1) is 11.6 Å². The van der Waals surface area contributed by atoms with Gasteiger partial charge in [0.25, 0.3) is 0 Å². The Kier molecular flexibility index (Phi) is 4.34. The molecule has 0 radical (unpaired) electrons. The van der Waals surface area contributed by atoms with Gasteiger partial charge in [0.15, 0.2) is 11.4 Å². The van der Waals surface area contributed by atoms with Crippen molar-refractivity contribution in [3.8, 4) is 0 Å². The van der Waals surface area contributed by atoms with Crippen LogP contribution in [0.3, 0.4) is 0 Å². The van der Waals surface area contributed by atoms with Crippen molar-refractivity contribution in [1.29, 1.82) is 0 Å². The molecule has 0 amide bonds. The van der Waals surface area contributed by atoms with Crippen molar-refractivity contribution >= 4 is 11.0 Å². The lowest BCUT2D eigenvalue weighted by molar-refractivity contribution is 0.481. The van der Waals surface area contributed by atoms with Gasteiger partial charge in [-0.25, -0.2) is 4.39 Å². The van der Waals surface area contributed by atoms with Crippen LogP contribution in [0.2, 0.25) is 0 Å². The predicted octanol–water partition coefficient (Wildman–Crippen LogP) is 5.22. The lowest BCUT2D eigenvalue weighted by Crippen LogP contribution is -1.95. The average Bonchev–Trinajstić information content (AvgIpc) is 2.83. The third-order valence-corrected chi connectivity index (χ3v) is 3.25. The Balaban J connectivity index is 2.06. The van der Waals surface area contributed by atoms with E-state index in [9.17, 15) is 8.78 Å². The second-order valence-electron chi connectivity index (χ2n) is 4.67. The molecule has 1 aromatic heterocycles. The van der Waals surface area contributed by atoms with Gasteiger partial charge in [-0.05, 0) is 30.5 Å². The number of unbranched alkanes of at least 4 members (excludes halogenated alkanes) is 4. The van der Waals surface area contributed by atoms with Crippen molar-refractivity contribution in [3.63, 3.8) is 0 Å². The highest BCUT2D eigenvalue weighted by atomic mass is 19.2. The fourth-order valence-electron chi connectivity index (χ4n) is 2.20. The molecular formula is C15H18F2O. The first-order valence-electron chi connectivity index (χ1n) is 6.58. The van der Waals surface area contributed by atoms with Gasteiger partial charge in [-0.1, -0.05) is 32.6 Å². The molecule has 1 heterocycles. The Hall–Kier alpha value is -1.38. The molecule has 2 rings (SSSR count). The molecule has 0 spiro atoms. The molecule has 0 atom stereocenters. The summed E-state index contributed by atoms with van der Waals surface area (Å²) >= 11 is 0. The van der Waals surface area contributed by atoms with E-state index in [2.05, 4.69) is 6.92 Å². The minimum atomic E-state index is -0.860. The summed E-state index contributed by atoms with van der Waals surface area (Å²) in [4.78, 5) is 0. The first-order valence-corrected chi connectivity index (χ1v) is 6.58. The lowest BCUT2D eigenvalue weighted by Gasteiger charge is -2.05. The Labute approximate surface area is 106 Å². The van der Waals surface area contributed by atoms with Crippen LogP contribution >= 0.6 is 0 Å². The molecule has 2 aromatic rings. The molecule has 1 aromatic carbocycles. The van der Waals surface area contributed by atoms with Gasteiger partial charge in [-0.2, -0.15) is 4.39 Å². The number of furan rings is 1. The van der Waals surface area contributed by atoms with E-state index >= 15 is 0 Å². The normalized spacial score (nSPS) is 11.3. The lowest BCUT2D eigenvalue weighted by atomic mass is 10.0. The van der Waals surface area contributed by atoms with Crippen LogP contribution in [0.5, 0.6) is 0 Å². The summed E-state index contributed by atoms with van der Waals surface area (Å²) < 4.78 is 32.3. The molecule has 0 aliphatic rings. The summed E-state index contributed by atoms with van der Waals surface area (Å²) in [5, 5.41) is 0.637. The summed E-state index contributed by atoms with van der Waals surface area (Å²) in [6, 6.07) is 3.36. The Morgan fingerprint density at radius 2 is 1.83 bits per heavy atom. The number of aryl methyl sites for hydroxylation is 1. The fourth-order valence-corrected chi connectivity index (χ4v) is 2.20. The number of hydrogen-bond acceptors (Lipinski definition) is 1. The molecule has 0 unspecified atom stereocenters. The van der Waals surface area contributed by atoms with Gasteiger partial charge in [-0.3, -0.25) is 0 Å². The molecular weight excluding hydrogens is 234 g/mol. The van der Waals surface area contributed by atoms with Crippen molar-refractivity contribution < 1.29 is 13.2 Å². The van der Waals surface area contributed by atoms with E-state index in [1.807, 2.05) is 0 Å². The van der Waals surface area contributed by atoms with Gasteiger partial charge in [0.05, 0.1) is 6.26 Å². The van der Waals surface area contributed by atoms with Crippen LogP contribution in [0.4, 0.5) is 8.78 Å². The molecule has 0 fully saturated rings. The molecule has 18 heavy (non-hydrogen) atoms. The number of hydrogen-bond donors (Lipinski definition) is 0. The highest BCUT2D eigenvalue weighted by molar-refractivity contribution is 5.78. The molecule has 0 bridgehead atoms. The summed E-state index contributed by atoms with van der Waals surface area (Å²) in [6.45, 7) is 2.15. The van der Waals surface area contributed by atoms with Crippen LogP contribution in [-0.4, -0.2) is 0 Å². The summed E-state index contributed by atoms with van der Waals surface area (Å²) in [5.74, 6) is -1.62. The molecule has 3 heteroatoms. The number of fused-ring (bicyclic) bond motifs is 1. The van der Waals surface area contributed by atoms with Gasteiger partial charge in [-0.15, -0.1) is 0 Å². The maximum Gasteiger partial charge on any atom is 0.202 e. The van der Waals surface area contributed by atoms with Crippen LogP contribution in [0.15, 0.2) is 22.8 Å². The van der Waals surface area contributed by atoms with Gasteiger partial charge in [0.1, 0.15) is 0 Å². The van der Waals surface area contributed by atoms with E-state index in [0.29, 0.717) is 17.4 Å². The SMILES string of the molecule is CCCCCCCc1cc2ccoc2c(F)c1F. The quantitative estimate of drug-likeness (QED) is 0.642. The van der Waals surface area contributed by atoms with Crippen molar-refractivity contribution in [1.82, 2.24) is 0 Å². The average molecular weight is 252 g/mol. The van der Waals surface area contributed by atoms with E-state index in [-0.39, 0.29) is 5.58 Å². The topological polar surface area (TPSA) is 13.1 Å². The maximum atomic E-state index is 13.7. The Morgan fingerprint density at radius 3 is 2.61 bits per heavy atom. The third kappa shape index (κ3) is 2.71. The monoisotopic (exact) mass is 252 g/mol. The van der Waals surface area contributed by atoms with Gasteiger partial charge >= 0.3 is 0 Å². The van der Waals surface area contributed by atoms with Gasteiger partial charge in [0.2, 0.25) is 5.82 Å². The van der Waals surface area contributed by atoms with Gasteiger partial charge < -0.3 is 4.42 Å². The van der Waals surface area contributed by atoms with Crippen LogP contribution in [0.1, 0.15) is 44.6 Å².